The lowest BCUT2D eigenvalue weighted by Gasteiger charge is -2.27. The molecular formula is C21H15Br2F7N2O3S. The Bertz CT molecular complexity index is 1140. The van der Waals surface area contributed by atoms with Gasteiger partial charge in [-0.1, -0.05) is 6.07 Å². The monoisotopic (exact) mass is 666 g/mol. The fraction of sp³-hybridized carbons (Fsp3) is 0.333. The van der Waals surface area contributed by atoms with E-state index in [9.17, 15) is 40.3 Å². The van der Waals surface area contributed by atoms with Gasteiger partial charge in [0.25, 0.3) is 11.8 Å². The molecule has 196 valence electrons. The van der Waals surface area contributed by atoms with E-state index < -0.39 is 46.0 Å². The fourth-order valence-corrected chi connectivity index (χ4v) is 5.62. The van der Waals surface area contributed by atoms with Gasteiger partial charge in [-0.25, -0.2) is 0 Å². The third kappa shape index (κ3) is 6.34. The first-order valence-corrected chi connectivity index (χ1v) is 12.4. The van der Waals surface area contributed by atoms with Crippen molar-refractivity contribution in [1.29, 1.82) is 0 Å². The van der Waals surface area contributed by atoms with E-state index in [0.29, 0.717) is 18.7 Å². The lowest BCUT2D eigenvalue weighted by Crippen LogP contribution is -2.49. The SMILES string of the molecule is O=C(Nc1c(Br)cc(SC(F)(F)C(F)(F)C(F)(F)F)cc1Br)c1cccc(NC(=O)C2CCCO2)c1. The molecule has 0 saturated carbocycles. The predicted octanol–water partition coefficient (Wildman–Crippen LogP) is 7.46. The Kier molecular flexibility index (Phi) is 8.68. The second-order valence-electron chi connectivity index (χ2n) is 7.48. The average Bonchev–Trinajstić information content (AvgIpc) is 3.30. The maximum atomic E-state index is 13.8. The summed E-state index contributed by atoms with van der Waals surface area (Å²) >= 11 is 5.02. The van der Waals surface area contributed by atoms with Crippen LogP contribution in [0.25, 0.3) is 0 Å². The van der Waals surface area contributed by atoms with Crippen molar-refractivity contribution >= 4 is 66.8 Å². The van der Waals surface area contributed by atoms with Gasteiger partial charge in [-0.3, -0.25) is 9.59 Å². The first-order valence-electron chi connectivity index (χ1n) is 9.96. The molecule has 0 spiro atoms. The van der Waals surface area contributed by atoms with Crippen molar-refractivity contribution in [2.45, 2.75) is 41.2 Å². The molecule has 5 nitrogen and oxygen atoms in total. The summed E-state index contributed by atoms with van der Waals surface area (Å²) in [7, 11) is 0. The Morgan fingerprint density at radius 1 is 0.972 bits per heavy atom. The van der Waals surface area contributed by atoms with Gasteiger partial charge in [0, 0.05) is 31.7 Å². The summed E-state index contributed by atoms with van der Waals surface area (Å²) in [5.41, 5.74) is 0.429. The number of ether oxygens (including phenoxy) is 1. The number of benzene rings is 2. The van der Waals surface area contributed by atoms with Gasteiger partial charge >= 0.3 is 17.4 Å². The average molecular weight is 668 g/mol. The van der Waals surface area contributed by atoms with Gasteiger partial charge in [0.1, 0.15) is 6.10 Å². The molecule has 2 aromatic carbocycles. The minimum atomic E-state index is -6.45. The number of hydrogen-bond acceptors (Lipinski definition) is 4. The molecule has 36 heavy (non-hydrogen) atoms. The molecule has 3 rings (SSSR count). The quantitative estimate of drug-likeness (QED) is 0.238. The summed E-state index contributed by atoms with van der Waals surface area (Å²) in [6.07, 6.45) is -5.72. The lowest BCUT2D eigenvalue weighted by atomic mass is 10.1. The number of carbonyl (C=O) groups is 2. The molecule has 1 aliphatic heterocycles. The van der Waals surface area contributed by atoms with Crippen LogP contribution in [0, 0.1) is 0 Å². The largest absolute Gasteiger partial charge is 0.460 e. The van der Waals surface area contributed by atoms with Crippen LogP contribution in [0.4, 0.5) is 42.1 Å². The van der Waals surface area contributed by atoms with Crippen LogP contribution in [-0.4, -0.2) is 41.9 Å². The zero-order valence-electron chi connectivity index (χ0n) is 17.7. The van der Waals surface area contributed by atoms with Crippen LogP contribution in [0.15, 0.2) is 50.2 Å². The number of thioether (sulfide) groups is 1. The number of rotatable bonds is 7. The third-order valence-electron chi connectivity index (χ3n) is 4.84. The van der Waals surface area contributed by atoms with Crippen LogP contribution >= 0.6 is 43.6 Å². The lowest BCUT2D eigenvalue weighted by molar-refractivity contribution is -0.330. The summed E-state index contributed by atoms with van der Waals surface area (Å²) in [4.78, 5) is 24.3. The standard InChI is InChI=1S/C21H15Br2F7N2O3S/c22-13-8-12(36-21(29,30)19(24,25)20(26,27)28)9-14(23)16(13)32-17(33)10-3-1-4-11(7-10)31-18(34)15-5-2-6-35-15/h1,3-4,7-9,15H,2,5-6H2,(H,31,34)(H,32,33). The highest BCUT2D eigenvalue weighted by Crippen LogP contribution is 2.54. The fourth-order valence-electron chi connectivity index (χ4n) is 3.04. The Hall–Kier alpha value is -1.84. The van der Waals surface area contributed by atoms with Gasteiger partial charge in [0.2, 0.25) is 0 Å². The summed E-state index contributed by atoms with van der Waals surface area (Å²) < 4.78 is 96.3. The molecular weight excluding hydrogens is 653 g/mol. The molecule has 1 fully saturated rings. The predicted molar refractivity (Wildman–Crippen MR) is 126 cm³/mol. The smallest absolute Gasteiger partial charge is 0.368 e. The number of amides is 2. The summed E-state index contributed by atoms with van der Waals surface area (Å²) in [5, 5.41) is -0.377. The Morgan fingerprint density at radius 2 is 1.61 bits per heavy atom. The minimum Gasteiger partial charge on any atom is -0.368 e. The molecule has 1 saturated heterocycles. The molecule has 0 aromatic heterocycles. The normalized spacial score (nSPS) is 16.6. The van der Waals surface area contributed by atoms with Crippen LogP contribution in [0.2, 0.25) is 0 Å². The molecule has 1 heterocycles. The van der Waals surface area contributed by atoms with E-state index in [1.807, 2.05) is 0 Å². The van der Waals surface area contributed by atoms with Crippen molar-refractivity contribution in [2.75, 3.05) is 17.2 Å². The molecule has 1 atom stereocenters. The topological polar surface area (TPSA) is 67.4 Å². The summed E-state index contributed by atoms with van der Waals surface area (Å²) in [6.45, 7) is 0.476. The van der Waals surface area contributed by atoms with E-state index in [1.165, 1.54) is 18.2 Å². The van der Waals surface area contributed by atoms with E-state index >= 15 is 0 Å². The van der Waals surface area contributed by atoms with Gasteiger partial charge < -0.3 is 15.4 Å². The van der Waals surface area contributed by atoms with Crippen molar-refractivity contribution in [3.05, 3.63) is 50.9 Å². The number of anilines is 2. The maximum absolute atomic E-state index is 13.8. The van der Waals surface area contributed by atoms with Crippen LogP contribution < -0.4 is 10.6 Å². The van der Waals surface area contributed by atoms with E-state index in [-0.39, 0.29) is 26.1 Å². The van der Waals surface area contributed by atoms with E-state index in [4.69, 9.17) is 4.74 Å². The molecule has 2 amide bonds. The number of carbonyl (C=O) groups excluding carboxylic acids is 2. The van der Waals surface area contributed by atoms with Crippen molar-refractivity contribution in [2.24, 2.45) is 0 Å². The molecule has 0 radical (unpaired) electrons. The molecule has 0 aliphatic carbocycles. The molecule has 1 unspecified atom stereocenters. The zero-order chi connectivity index (χ0) is 26.9. The van der Waals surface area contributed by atoms with Crippen molar-refractivity contribution < 1.29 is 45.1 Å². The van der Waals surface area contributed by atoms with Gasteiger partial charge in [-0.2, -0.15) is 30.7 Å². The Balaban J connectivity index is 1.75. The van der Waals surface area contributed by atoms with Crippen molar-refractivity contribution in [1.82, 2.24) is 0 Å². The second-order valence-corrected chi connectivity index (χ2v) is 10.4. The summed E-state index contributed by atoms with van der Waals surface area (Å²) in [6, 6.07) is 7.61. The number of nitrogens with one attached hydrogen (secondary N) is 2. The molecule has 2 aromatic rings. The Labute approximate surface area is 220 Å². The van der Waals surface area contributed by atoms with E-state index in [0.717, 1.165) is 18.6 Å². The first-order chi connectivity index (χ1) is 16.6. The number of alkyl halides is 7. The minimum absolute atomic E-state index is 0.00374. The zero-order valence-corrected chi connectivity index (χ0v) is 21.7. The van der Waals surface area contributed by atoms with Crippen LogP contribution in [0.5, 0.6) is 0 Å². The number of halogens is 9. The maximum Gasteiger partial charge on any atom is 0.460 e. The van der Waals surface area contributed by atoms with Gasteiger partial charge in [0.15, 0.2) is 0 Å². The van der Waals surface area contributed by atoms with Crippen molar-refractivity contribution in [3.63, 3.8) is 0 Å². The van der Waals surface area contributed by atoms with Crippen LogP contribution in [0.1, 0.15) is 23.2 Å². The van der Waals surface area contributed by atoms with Crippen LogP contribution in [-0.2, 0) is 9.53 Å². The van der Waals surface area contributed by atoms with Gasteiger partial charge in [0.05, 0.1) is 5.69 Å². The highest BCUT2D eigenvalue weighted by molar-refractivity contribution is 9.11. The molecule has 1 aliphatic rings. The van der Waals surface area contributed by atoms with Crippen LogP contribution in [0.3, 0.4) is 0 Å². The highest BCUT2D eigenvalue weighted by Gasteiger charge is 2.73. The molecule has 0 bridgehead atoms. The summed E-state index contributed by atoms with van der Waals surface area (Å²) in [5.74, 6) is -7.32. The number of hydrogen-bond donors (Lipinski definition) is 2. The van der Waals surface area contributed by atoms with E-state index in [2.05, 4.69) is 42.5 Å². The molecule has 15 heteroatoms. The highest BCUT2D eigenvalue weighted by atomic mass is 79.9. The molecule has 2 N–H and O–H groups in total. The van der Waals surface area contributed by atoms with Gasteiger partial charge in [-0.05, 0) is 86.8 Å². The van der Waals surface area contributed by atoms with Gasteiger partial charge in [-0.15, -0.1) is 0 Å². The first kappa shape index (κ1) is 28.7. The Morgan fingerprint density at radius 3 is 2.17 bits per heavy atom. The van der Waals surface area contributed by atoms with E-state index in [1.54, 1.807) is 6.07 Å². The second kappa shape index (κ2) is 10.9. The third-order valence-corrected chi connectivity index (χ3v) is 7.07. The van der Waals surface area contributed by atoms with Crippen molar-refractivity contribution in [3.8, 4) is 0 Å².